The summed E-state index contributed by atoms with van der Waals surface area (Å²) < 4.78 is 33.1. The maximum absolute atomic E-state index is 12.1. The van der Waals surface area contributed by atoms with Gasteiger partial charge in [0.2, 0.25) is 0 Å². The van der Waals surface area contributed by atoms with Crippen molar-refractivity contribution in [2.75, 3.05) is 18.5 Å². The molecule has 9 nitrogen and oxygen atoms in total. The zero-order valence-corrected chi connectivity index (χ0v) is 15.2. The predicted molar refractivity (Wildman–Crippen MR) is 91.6 cm³/mol. The van der Waals surface area contributed by atoms with Crippen molar-refractivity contribution < 1.29 is 37.4 Å². The van der Waals surface area contributed by atoms with Gasteiger partial charge in [0.05, 0.1) is 6.42 Å². The van der Waals surface area contributed by atoms with Crippen LogP contribution in [0, 0.1) is 0 Å². The lowest BCUT2D eigenvalue weighted by atomic mass is 10.1. The van der Waals surface area contributed by atoms with Gasteiger partial charge < -0.3 is 20.1 Å². The van der Waals surface area contributed by atoms with Gasteiger partial charge in [-0.15, -0.1) is 0 Å². The second kappa shape index (κ2) is 8.63. The van der Waals surface area contributed by atoms with Gasteiger partial charge in [0.25, 0.3) is 11.8 Å². The first-order chi connectivity index (χ1) is 13.1. The maximum atomic E-state index is 12.1. The van der Waals surface area contributed by atoms with Crippen molar-refractivity contribution in [2.45, 2.75) is 32.4 Å². The van der Waals surface area contributed by atoms with Crippen LogP contribution in [0.2, 0.25) is 0 Å². The largest absolute Gasteiger partial charge is 0.456 e. The Morgan fingerprint density at radius 3 is 2.39 bits per heavy atom. The minimum absolute atomic E-state index is 0.0666. The number of carbonyl (C=O) groups excluding carboxylic acids is 4. The van der Waals surface area contributed by atoms with Gasteiger partial charge in [0.1, 0.15) is 11.3 Å². The van der Waals surface area contributed by atoms with E-state index in [2.05, 4.69) is 15.4 Å². The molecular weight excluding hydrogens is 380 g/mol. The predicted octanol–water partition coefficient (Wildman–Crippen LogP) is 1.49. The second-order valence-corrected chi connectivity index (χ2v) is 6.37. The molecule has 0 atom stereocenters. The maximum Gasteiger partial charge on any atom is 0.387 e. The molecule has 0 unspecified atom stereocenters. The van der Waals surface area contributed by atoms with Crippen molar-refractivity contribution in [2.24, 2.45) is 0 Å². The number of amides is 4. The number of nitrogens with zero attached hydrogens (tertiary/aromatic N) is 1. The van der Waals surface area contributed by atoms with E-state index < -0.39 is 42.6 Å². The molecule has 152 valence electrons. The summed E-state index contributed by atoms with van der Waals surface area (Å²) in [6, 6.07) is 4.58. The molecule has 2 rings (SSSR count). The molecule has 0 radical (unpaired) electrons. The van der Waals surface area contributed by atoms with E-state index in [0.717, 1.165) is 4.90 Å². The number of carbonyl (C=O) groups is 4. The van der Waals surface area contributed by atoms with Crippen LogP contribution in [0.1, 0.15) is 20.3 Å². The fraction of sp³-hybridized carbons (Fsp3) is 0.412. The number of ether oxygens (including phenoxy) is 2. The number of imide groups is 1. The average Bonchev–Trinajstić information content (AvgIpc) is 2.80. The van der Waals surface area contributed by atoms with Gasteiger partial charge in [-0.1, -0.05) is 0 Å². The molecule has 4 amide bonds. The first-order valence-corrected chi connectivity index (χ1v) is 8.23. The minimum atomic E-state index is -2.95. The standard InChI is InChI=1S/C17H19F2N3O6/c1-17(2)14(25)22(16(26)21-17)8-7-13(24)27-9-12(23)20-10-3-5-11(6-4-10)28-15(18)19/h3-6,15H,7-9H2,1-2H3,(H,20,23)(H,21,26). The van der Waals surface area contributed by atoms with Gasteiger partial charge in [0.15, 0.2) is 6.61 Å². The number of alkyl halides is 2. The fourth-order valence-electron chi connectivity index (χ4n) is 2.36. The van der Waals surface area contributed by atoms with Crippen LogP contribution in [0.5, 0.6) is 5.75 Å². The molecule has 1 aromatic carbocycles. The summed E-state index contributed by atoms with van der Waals surface area (Å²) in [5, 5.41) is 4.89. The molecular formula is C17H19F2N3O6. The molecule has 0 saturated carbocycles. The molecule has 2 N–H and O–H groups in total. The van der Waals surface area contributed by atoms with Crippen molar-refractivity contribution in [1.82, 2.24) is 10.2 Å². The Balaban J connectivity index is 1.73. The summed E-state index contributed by atoms with van der Waals surface area (Å²) in [5.41, 5.74) is -0.735. The molecule has 1 aromatic rings. The first-order valence-electron chi connectivity index (χ1n) is 8.23. The Bertz CT molecular complexity index is 767. The van der Waals surface area contributed by atoms with E-state index >= 15 is 0 Å². The molecule has 1 heterocycles. The quantitative estimate of drug-likeness (QED) is 0.506. The molecule has 0 aliphatic carbocycles. The topological polar surface area (TPSA) is 114 Å². The number of halogens is 2. The highest BCUT2D eigenvalue weighted by molar-refractivity contribution is 6.06. The summed E-state index contributed by atoms with van der Waals surface area (Å²) in [7, 11) is 0. The van der Waals surface area contributed by atoms with Crippen molar-refractivity contribution in [3.8, 4) is 5.75 Å². The Labute approximate surface area is 159 Å². The van der Waals surface area contributed by atoms with E-state index in [4.69, 9.17) is 4.74 Å². The summed E-state index contributed by atoms with van der Waals surface area (Å²) in [5.74, 6) is -1.93. The Morgan fingerprint density at radius 2 is 1.86 bits per heavy atom. The van der Waals surface area contributed by atoms with Gasteiger partial charge in [-0.05, 0) is 38.1 Å². The minimum Gasteiger partial charge on any atom is -0.456 e. The third kappa shape index (κ3) is 5.63. The van der Waals surface area contributed by atoms with E-state index in [-0.39, 0.29) is 18.7 Å². The Hall–Kier alpha value is -3.24. The summed E-state index contributed by atoms with van der Waals surface area (Å²) in [6.45, 7) is -0.614. The zero-order chi connectivity index (χ0) is 20.9. The van der Waals surface area contributed by atoms with E-state index in [1.807, 2.05) is 0 Å². The van der Waals surface area contributed by atoms with Crippen LogP contribution in [0.15, 0.2) is 24.3 Å². The monoisotopic (exact) mass is 399 g/mol. The molecule has 11 heteroatoms. The van der Waals surface area contributed by atoms with Crippen molar-refractivity contribution >= 4 is 29.5 Å². The summed E-state index contributed by atoms with van der Waals surface area (Å²) >= 11 is 0. The van der Waals surface area contributed by atoms with E-state index in [9.17, 15) is 28.0 Å². The highest BCUT2D eigenvalue weighted by Crippen LogP contribution is 2.18. The van der Waals surface area contributed by atoms with E-state index in [1.54, 1.807) is 13.8 Å². The SMILES string of the molecule is CC1(C)NC(=O)N(CCC(=O)OCC(=O)Nc2ccc(OC(F)F)cc2)C1=O. The van der Waals surface area contributed by atoms with E-state index in [1.165, 1.54) is 24.3 Å². The van der Waals surface area contributed by atoms with Crippen molar-refractivity contribution in [1.29, 1.82) is 0 Å². The van der Waals surface area contributed by atoms with Gasteiger partial charge >= 0.3 is 18.6 Å². The Kier molecular flexibility index (Phi) is 6.49. The molecule has 0 spiro atoms. The van der Waals surface area contributed by atoms with Crippen LogP contribution in [-0.4, -0.2) is 54.0 Å². The third-order valence-electron chi connectivity index (χ3n) is 3.71. The molecule has 0 aromatic heterocycles. The third-order valence-corrected chi connectivity index (χ3v) is 3.71. The molecule has 1 saturated heterocycles. The van der Waals surface area contributed by atoms with Crippen LogP contribution in [0.4, 0.5) is 19.3 Å². The number of hydrogen-bond donors (Lipinski definition) is 2. The number of hydrogen-bond acceptors (Lipinski definition) is 6. The van der Waals surface area contributed by atoms with Crippen LogP contribution in [0.25, 0.3) is 0 Å². The summed E-state index contributed by atoms with van der Waals surface area (Å²) in [4.78, 5) is 48.1. The molecule has 1 aliphatic rings. The average molecular weight is 399 g/mol. The molecule has 0 bridgehead atoms. The highest BCUT2D eigenvalue weighted by Gasteiger charge is 2.44. The number of anilines is 1. The Morgan fingerprint density at radius 1 is 1.21 bits per heavy atom. The zero-order valence-electron chi connectivity index (χ0n) is 15.2. The second-order valence-electron chi connectivity index (χ2n) is 6.37. The summed E-state index contributed by atoms with van der Waals surface area (Å²) in [6.07, 6.45) is -0.262. The van der Waals surface area contributed by atoms with Crippen LogP contribution in [-0.2, 0) is 19.1 Å². The lowest BCUT2D eigenvalue weighted by Crippen LogP contribution is -2.40. The van der Waals surface area contributed by atoms with Gasteiger partial charge in [0, 0.05) is 12.2 Å². The number of nitrogens with one attached hydrogen (secondary N) is 2. The number of urea groups is 1. The van der Waals surface area contributed by atoms with Crippen LogP contribution in [0.3, 0.4) is 0 Å². The molecule has 28 heavy (non-hydrogen) atoms. The van der Waals surface area contributed by atoms with E-state index in [0.29, 0.717) is 5.69 Å². The van der Waals surface area contributed by atoms with Crippen molar-refractivity contribution in [3.05, 3.63) is 24.3 Å². The van der Waals surface area contributed by atoms with Gasteiger partial charge in [-0.2, -0.15) is 8.78 Å². The van der Waals surface area contributed by atoms with Gasteiger partial charge in [-0.3, -0.25) is 19.3 Å². The highest BCUT2D eigenvalue weighted by atomic mass is 19.3. The number of rotatable bonds is 8. The number of esters is 1. The first kappa shape index (κ1) is 21.1. The fourth-order valence-corrected chi connectivity index (χ4v) is 2.36. The van der Waals surface area contributed by atoms with Crippen LogP contribution >= 0.6 is 0 Å². The van der Waals surface area contributed by atoms with Crippen molar-refractivity contribution in [3.63, 3.8) is 0 Å². The smallest absolute Gasteiger partial charge is 0.387 e. The van der Waals surface area contributed by atoms with Crippen LogP contribution < -0.4 is 15.4 Å². The number of benzene rings is 1. The normalized spacial score (nSPS) is 15.4. The molecule has 1 aliphatic heterocycles. The van der Waals surface area contributed by atoms with Gasteiger partial charge in [-0.25, -0.2) is 4.79 Å². The molecule has 1 fully saturated rings. The lowest BCUT2D eigenvalue weighted by Gasteiger charge is -2.15. The lowest BCUT2D eigenvalue weighted by molar-refractivity contribution is -0.147.